The molecule has 3 heterocycles. The van der Waals surface area contributed by atoms with Gasteiger partial charge in [0, 0.05) is 29.5 Å². The maximum absolute atomic E-state index is 12.5. The molecule has 128 valence electrons. The van der Waals surface area contributed by atoms with E-state index in [0.29, 0.717) is 11.4 Å². The summed E-state index contributed by atoms with van der Waals surface area (Å²) in [6.07, 6.45) is -0.576. The van der Waals surface area contributed by atoms with E-state index in [1.54, 1.807) is 6.20 Å². The van der Waals surface area contributed by atoms with Gasteiger partial charge in [0.05, 0.1) is 23.5 Å². The van der Waals surface area contributed by atoms with Crippen LogP contribution in [0.25, 0.3) is 11.3 Å². The third-order valence-electron chi connectivity index (χ3n) is 3.30. The number of carbonyl (C=O) groups is 1. The molecule has 0 fully saturated rings. The Morgan fingerprint density at radius 2 is 1.92 bits per heavy atom. The lowest BCUT2D eigenvalue weighted by atomic mass is 10.2. The van der Waals surface area contributed by atoms with E-state index < -0.39 is 17.8 Å². The largest absolute Gasteiger partial charge is 0.433 e. The van der Waals surface area contributed by atoms with Gasteiger partial charge in [0.2, 0.25) is 0 Å². The highest BCUT2D eigenvalue weighted by Gasteiger charge is 2.32. The van der Waals surface area contributed by atoms with Gasteiger partial charge < -0.3 is 5.32 Å². The number of carbonyl (C=O) groups excluding carboxylic acids is 1. The molecule has 0 saturated carbocycles. The molecule has 5 nitrogen and oxygen atoms in total. The van der Waals surface area contributed by atoms with Crippen LogP contribution in [-0.2, 0) is 12.7 Å². The summed E-state index contributed by atoms with van der Waals surface area (Å²) in [5.41, 5.74) is 1.09. The van der Waals surface area contributed by atoms with Crippen LogP contribution in [0.1, 0.15) is 21.7 Å². The van der Waals surface area contributed by atoms with Gasteiger partial charge in [-0.1, -0.05) is 0 Å². The minimum Gasteiger partial charge on any atom is -0.346 e. The number of halogens is 3. The fourth-order valence-corrected chi connectivity index (χ4v) is 2.74. The molecule has 3 aromatic heterocycles. The Bertz CT molecular complexity index is 864. The van der Waals surface area contributed by atoms with Gasteiger partial charge in [-0.2, -0.15) is 24.5 Å². The second kappa shape index (κ2) is 6.98. The molecule has 0 saturated heterocycles. The first-order chi connectivity index (χ1) is 11.9. The van der Waals surface area contributed by atoms with E-state index >= 15 is 0 Å². The fourth-order valence-electron chi connectivity index (χ4n) is 2.10. The fraction of sp³-hybridized carbons (Fsp3) is 0.125. The molecule has 0 aromatic carbocycles. The Kier molecular flexibility index (Phi) is 4.75. The molecule has 0 aliphatic heterocycles. The third kappa shape index (κ3) is 4.00. The first kappa shape index (κ1) is 17.0. The van der Waals surface area contributed by atoms with Gasteiger partial charge in [-0.25, -0.2) is 0 Å². The maximum atomic E-state index is 12.5. The molecule has 0 aliphatic carbocycles. The standard InChI is InChI=1S/C16H11F3N4OS/c17-16(18,19)13-2-1-10(7-22-13)15(24)23-8-12-14(21-5-4-20-12)11-3-6-25-9-11/h1-7,9H,8H2,(H,23,24). The van der Waals surface area contributed by atoms with E-state index in [9.17, 15) is 18.0 Å². The molecule has 0 atom stereocenters. The highest BCUT2D eigenvalue weighted by Crippen LogP contribution is 2.27. The SMILES string of the molecule is O=C(NCc1nccnc1-c1ccsc1)c1ccc(C(F)(F)F)nc1. The highest BCUT2D eigenvalue weighted by atomic mass is 32.1. The van der Waals surface area contributed by atoms with Crippen LogP contribution in [0.3, 0.4) is 0 Å². The molecule has 25 heavy (non-hydrogen) atoms. The van der Waals surface area contributed by atoms with Gasteiger partial charge in [0.15, 0.2) is 0 Å². The molecule has 1 amide bonds. The lowest BCUT2D eigenvalue weighted by molar-refractivity contribution is -0.141. The van der Waals surface area contributed by atoms with Crippen molar-refractivity contribution < 1.29 is 18.0 Å². The van der Waals surface area contributed by atoms with Crippen molar-refractivity contribution in [1.29, 1.82) is 0 Å². The van der Waals surface area contributed by atoms with Crippen LogP contribution in [0.5, 0.6) is 0 Å². The van der Waals surface area contributed by atoms with E-state index in [0.717, 1.165) is 23.9 Å². The van der Waals surface area contributed by atoms with Gasteiger partial charge in [0.25, 0.3) is 5.91 Å². The second-order valence-electron chi connectivity index (χ2n) is 4.98. The van der Waals surface area contributed by atoms with Crippen LogP contribution in [-0.4, -0.2) is 20.9 Å². The summed E-state index contributed by atoms with van der Waals surface area (Å²) in [6, 6.07) is 3.75. The second-order valence-corrected chi connectivity index (χ2v) is 5.76. The van der Waals surface area contributed by atoms with Gasteiger partial charge in [-0.15, -0.1) is 0 Å². The monoisotopic (exact) mass is 364 g/mol. The van der Waals surface area contributed by atoms with E-state index in [-0.39, 0.29) is 12.1 Å². The number of hydrogen-bond donors (Lipinski definition) is 1. The van der Waals surface area contributed by atoms with Gasteiger partial charge in [0.1, 0.15) is 5.69 Å². The molecule has 0 spiro atoms. The van der Waals surface area contributed by atoms with Crippen LogP contribution in [0.2, 0.25) is 0 Å². The number of alkyl halides is 3. The van der Waals surface area contributed by atoms with Gasteiger partial charge >= 0.3 is 6.18 Å². The normalized spacial score (nSPS) is 11.3. The van der Waals surface area contributed by atoms with E-state index in [2.05, 4.69) is 20.3 Å². The number of nitrogens with one attached hydrogen (secondary N) is 1. The van der Waals surface area contributed by atoms with Crippen LogP contribution in [0.4, 0.5) is 13.2 Å². The summed E-state index contributed by atoms with van der Waals surface area (Å²) in [5, 5.41) is 6.43. The molecule has 0 unspecified atom stereocenters. The van der Waals surface area contributed by atoms with Crippen LogP contribution < -0.4 is 5.32 Å². The minimum absolute atomic E-state index is 0.0361. The predicted molar refractivity (Wildman–Crippen MR) is 85.8 cm³/mol. The quantitative estimate of drug-likeness (QED) is 0.769. The molecule has 0 bridgehead atoms. The Hall–Kier alpha value is -2.81. The molecule has 3 rings (SSSR count). The number of hydrogen-bond acceptors (Lipinski definition) is 5. The lowest BCUT2D eigenvalue weighted by Crippen LogP contribution is -2.24. The van der Waals surface area contributed by atoms with Gasteiger partial charge in [-0.05, 0) is 23.6 Å². The summed E-state index contributed by atoms with van der Waals surface area (Å²) in [5.74, 6) is -0.539. The van der Waals surface area contributed by atoms with Crippen LogP contribution in [0.15, 0.2) is 47.5 Å². The Morgan fingerprint density at radius 3 is 2.56 bits per heavy atom. The topological polar surface area (TPSA) is 67.8 Å². The average Bonchev–Trinajstić information content (AvgIpc) is 3.14. The number of thiophene rings is 1. The molecule has 0 aliphatic rings. The van der Waals surface area contributed by atoms with Crippen LogP contribution >= 0.6 is 11.3 Å². The number of rotatable bonds is 4. The van der Waals surface area contributed by atoms with Crippen molar-refractivity contribution in [2.24, 2.45) is 0 Å². The third-order valence-corrected chi connectivity index (χ3v) is 3.98. The Balaban J connectivity index is 1.71. The minimum atomic E-state index is -4.54. The van der Waals surface area contributed by atoms with E-state index in [4.69, 9.17) is 0 Å². The Morgan fingerprint density at radius 1 is 1.12 bits per heavy atom. The van der Waals surface area contributed by atoms with Crippen LogP contribution in [0, 0.1) is 0 Å². The average molecular weight is 364 g/mol. The van der Waals surface area contributed by atoms with Crippen molar-refractivity contribution in [3.05, 3.63) is 64.5 Å². The number of pyridine rings is 1. The Labute approximate surface area is 144 Å². The zero-order valence-corrected chi connectivity index (χ0v) is 13.4. The highest BCUT2D eigenvalue weighted by molar-refractivity contribution is 7.08. The zero-order valence-electron chi connectivity index (χ0n) is 12.6. The predicted octanol–water partition coefficient (Wildman–Crippen LogP) is 3.55. The lowest BCUT2D eigenvalue weighted by Gasteiger charge is -2.09. The molecule has 1 N–H and O–H groups in total. The van der Waals surface area contributed by atoms with Crippen molar-refractivity contribution in [2.75, 3.05) is 0 Å². The molecule has 3 aromatic rings. The smallest absolute Gasteiger partial charge is 0.346 e. The maximum Gasteiger partial charge on any atom is 0.433 e. The summed E-state index contributed by atoms with van der Waals surface area (Å²) in [6.45, 7) is 0.0961. The van der Waals surface area contributed by atoms with E-state index in [1.165, 1.54) is 17.5 Å². The molecule has 9 heteroatoms. The zero-order chi connectivity index (χ0) is 17.9. The number of aromatic nitrogens is 3. The van der Waals surface area contributed by atoms with Crippen molar-refractivity contribution in [2.45, 2.75) is 12.7 Å². The van der Waals surface area contributed by atoms with Gasteiger partial charge in [-0.3, -0.25) is 19.7 Å². The summed E-state index contributed by atoms with van der Waals surface area (Å²) in [4.78, 5) is 23.8. The number of nitrogens with zero attached hydrogens (tertiary/aromatic N) is 3. The van der Waals surface area contributed by atoms with Crippen molar-refractivity contribution in [3.8, 4) is 11.3 Å². The molecular weight excluding hydrogens is 353 g/mol. The van der Waals surface area contributed by atoms with Crippen molar-refractivity contribution in [1.82, 2.24) is 20.3 Å². The summed E-state index contributed by atoms with van der Waals surface area (Å²) < 4.78 is 37.5. The molecule has 0 radical (unpaired) electrons. The van der Waals surface area contributed by atoms with E-state index in [1.807, 2.05) is 16.8 Å². The molecular formula is C16H11F3N4OS. The first-order valence-electron chi connectivity index (χ1n) is 7.09. The van der Waals surface area contributed by atoms with Crippen molar-refractivity contribution in [3.63, 3.8) is 0 Å². The van der Waals surface area contributed by atoms with Crippen molar-refractivity contribution >= 4 is 17.2 Å². The number of amides is 1. The summed E-state index contributed by atoms with van der Waals surface area (Å²) >= 11 is 1.51. The summed E-state index contributed by atoms with van der Waals surface area (Å²) in [7, 11) is 0. The first-order valence-corrected chi connectivity index (χ1v) is 8.03.